The van der Waals surface area contributed by atoms with Crippen LogP contribution in [-0.4, -0.2) is 18.1 Å². The van der Waals surface area contributed by atoms with Gasteiger partial charge in [-0.2, -0.15) is 0 Å². The van der Waals surface area contributed by atoms with Gasteiger partial charge >= 0.3 is 0 Å². The molecule has 1 heterocycles. The number of hydrogen-bond acceptors (Lipinski definition) is 4. The molecule has 1 aromatic heterocycles. The number of halogens is 1. The van der Waals surface area contributed by atoms with E-state index >= 15 is 0 Å². The predicted molar refractivity (Wildman–Crippen MR) is 136 cm³/mol. The molecule has 0 aliphatic carbocycles. The Bertz CT molecular complexity index is 1530. The Kier molecular flexibility index (Phi) is 5.28. The fourth-order valence-corrected chi connectivity index (χ4v) is 4.74. The van der Waals surface area contributed by atoms with Crippen molar-refractivity contribution in [3.8, 4) is 5.75 Å². The van der Waals surface area contributed by atoms with Crippen LogP contribution >= 0.6 is 28.1 Å². The number of carbonyl (C=O) groups excluding carboxylic acids is 1. The maximum absolute atomic E-state index is 13.0. The molecule has 5 nitrogen and oxygen atoms in total. The molecule has 5 aromatic rings. The first-order valence-corrected chi connectivity index (χ1v) is 11.0. The summed E-state index contributed by atoms with van der Waals surface area (Å²) in [5.41, 5.74) is 2.67. The van der Waals surface area contributed by atoms with E-state index in [1.54, 1.807) is 6.07 Å². The minimum absolute atomic E-state index is 0.178. The largest absolute Gasteiger partial charge is 0.495 e. The van der Waals surface area contributed by atoms with Crippen LogP contribution in [-0.2, 0) is 0 Å². The summed E-state index contributed by atoms with van der Waals surface area (Å²) in [5, 5.41) is 9.92. The van der Waals surface area contributed by atoms with Crippen LogP contribution in [0.3, 0.4) is 0 Å². The number of para-hydroxylation sites is 1. The second kappa shape index (κ2) is 8.26. The van der Waals surface area contributed by atoms with Crippen molar-refractivity contribution >= 4 is 77.6 Å². The van der Waals surface area contributed by atoms with Gasteiger partial charge in [-0.05, 0) is 63.2 Å². The van der Waals surface area contributed by atoms with Gasteiger partial charge in [-0.3, -0.25) is 10.1 Å². The molecule has 7 heteroatoms. The lowest BCUT2D eigenvalue weighted by atomic mass is 10.1. The van der Waals surface area contributed by atoms with Crippen molar-refractivity contribution in [1.29, 1.82) is 0 Å². The number of rotatable bonds is 3. The summed E-state index contributed by atoms with van der Waals surface area (Å²) in [4.78, 5) is 13.0. The summed E-state index contributed by atoms with van der Waals surface area (Å²) >= 11 is 8.94. The number of carbonyl (C=O) groups is 1. The van der Waals surface area contributed by atoms with E-state index in [4.69, 9.17) is 21.4 Å². The van der Waals surface area contributed by atoms with Gasteiger partial charge < -0.3 is 14.5 Å². The summed E-state index contributed by atoms with van der Waals surface area (Å²) in [6.07, 6.45) is 0. The standard InChI is InChI=1S/C25H17BrN2O3S/c1-30-23-19(12-14-6-2-3-7-16(14)22(23)26)24(29)28-25(32)27-15-10-11-18-17-8-4-5-9-20(17)31-21(18)13-15/h2-13H,1H3,(H2,27,28,29,32). The second-order valence-electron chi connectivity index (χ2n) is 7.21. The molecule has 0 bridgehead atoms. The zero-order chi connectivity index (χ0) is 22.2. The highest BCUT2D eigenvalue weighted by molar-refractivity contribution is 9.10. The lowest BCUT2D eigenvalue weighted by Crippen LogP contribution is -2.34. The zero-order valence-corrected chi connectivity index (χ0v) is 19.3. The lowest BCUT2D eigenvalue weighted by Gasteiger charge is -2.14. The van der Waals surface area contributed by atoms with Crippen LogP contribution in [0.15, 0.2) is 81.7 Å². The summed E-state index contributed by atoms with van der Waals surface area (Å²) in [6, 6.07) is 23.1. The molecule has 0 saturated heterocycles. The molecule has 32 heavy (non-hydrogen) atoms. The topological polar surface area (TPSA) is 63.5 Å². The summed E-state index contributed by atoms with van der Waals surface area (Å²) in [5.74, 6) is 0.0864. The number of thiocarbonyl (C=S) groups is 1. The van der Waals surface area contributed by atoms with Crippen LogP contribution < -0.4 is 15.4 Å². The zero-order valence-electron chi connectivity index (χ0n) is 16.9. The van der Waals surface area contributed by atoms with E-state index in [0.29, 0.717) is 17.0 Å². The Labute approximate surface area is 197 Å². The van der Waals surface area contributed by atoms with Gasteiger partial charge in [0, 0.05) is 22.5 Å². The molecule has 5 rings (SSSR count). The number of hydrogen-bond donors (Lipinski definition) is 2. The third-order valence-electron chi connectivity index (χ3n) is 5.25. The third-order valence-corrected chi connectivity index (χ3v) is 6.24. The molecule has 0 fully saturated rings. The molecule has 2 N–H and O–H groups in total. The quantitative estimate of drug-likeness (QED) is 0.269. The van der Waals surface area contributed by atoms with Crippen LogP contribution in [0.1, 0.15) is 10.4 Å². The Morgan fingerprint density at radius 1 is 0.938 bits per heavy atom. The molecule has 0 saturated carbocycles. The van der Waals surface area contributed by atoms with Crippen LogP contribution in [0, 0.1) is 0 Å². The number of methoxy groups -OCH3 is 1. The monoisotopic (exact) mass is 504 g/mol. The van der Waals surface area contributed by atoms with E-state index in [0.717, 1.165) is 37.2 Å². The fourth-order valence-electron chi connectivity index (χ4n) is 3.79. The third kappa shape index (κ3) is 3.59. The fraction of sp³-hybridized carbons (Fsp3) is 0.0400. The highest BCUT2D eigenvalue weighted by Crippen LogP contribution is 2.36. The molecule has 0 aliphatic heterocycles. The number of nitrogens with one attached hydrogen (secondary N) is 2. The van der Waals surface area contributed by atoms with E-state index < -0.39 is 0 Å². The van der Waals surface area contributed by atoms with Crippen LogP contribution in [0.2, 0.25) is 0 Å². The van der Waals surface area contributed by atoms with E-state index in [-0.39, 0.29) is 11.0 Å². The van der Waals surface area contributed by atoms with Gasteiger partial charge in [0.1, 0.15) is 16.9 Å². The molecule has 0 unspecified atom stereocenters. The minimum Gasteiger partial charge on any atom is -0.495 e. The van der Waals surface area contributed by atoms with Crippen LogP contribution in [0.4, 0.5) is 5.69 Å². The second-order valence-corrected chi connectivity index (χ2v) is 8.41. The minimum atomic E-state index is -0.365. The van der Waals surface area contributed by atoms with Gasteiger partial charge in [-0.15, -0.1) is 0 Å². The number of benzene rings is 4. The van der Waals surface area contributed by atoms with E-state index in [9.17, 15) is 4.79 Å². The molecule has 0 aliphatic rings. The van der Waals surface area contributed by atoms with Crippen molar-refractivity contribution in [3.05, 3.63) is 82.8 Å². The number of anilines is 1. The number of amides is 1. The van der Waals surface area contributed by atoms with E-state index in [1.165, 1.54) is 7.11 Å². The molecule has 1 amide bonds. The van der Waals surface area contributed by atoms with Gasteiger partial charge in [0.2, 0.25) is 0 Å². The van der Waals surface area contributed by atoms with Gasteiger partial charge in [-0.1, -0.05) is 42.5 Å². The van der Waals surface area contributed by atoms with Crippen molar-refractivity contribution in [1.82, 2.24) is 5.32 Å². The Balaban J connectivity index is 1.39. The van der Waals surface area contributed by atoms with E-state index in [1.807, 2.05) is 66.7 Å². The average Bonchev–Trinajstić information content (AvgIpc) is 3.16. The summed E-state index contributed by atoms with van der Waals surface area (Å²) < 4.78 is 12.1. The first-order chi connectivity index (χ1) is 15.5. The maximum Gasteiger partial charge on any atom is 0.261 e. The summed E-state index contributed by atoms with van der Waals surface area (Å²) in [7, 11) is 1.53. The van der Waals surface area contributed by atoms with Gasteiger partial charge in [0.15, 0.2) is 5.11 Å². The highest BCUT2D eigenvalue weighted by atomic mass is 79.9. The first-order valence-electron chi connectivity index (χ1n) is 9.84. The number of fused-ring (bicyclic) bond motifs is 4. The van der Waals surface area contributed by atoms with Crippen LogP contribution in [0.25, 0.3) is 32.7 Å². The average molecular weight is 505 g/mol. The molecule has 0 spiro atoms. The van der Waals surface area contributed by atoms with Gasteiger partial charge in [0.25, 0.3) is 5.91 Å². The Morgan fingerprint density at radius 3 is 2.47 bits per heavy atom. The predicted octanol–water partition coefficient (Wildman–Crippen LogP) is 6.64. The molecule has 158 valence electrons. The summed E-state index contributed by atoms with van der Waals surface area (Å²) in [6.45, 7) is 0. The first kappa shape index (κ1) is 20.5. The smallest absolute Gasteiger partial charge is 0.261 e. The molecule has 0 radical (unpaired) electrons. The SMILES string of the molecule is COc1c(C(=O)NC(=S)Nc2ccc3c(c2)oc2ccccc23)cc2ccccc2c1Br. The maximum atomic E-state index is 13.0. The van der Waals surface area contributed by atoms with Crippen LogP contribution in [0.5, 0.6) is 5.75 Å². The number of furan rings is 1. The highest BCUT2D eigenvalue weighted by Gasteiger charge is 2.19. The Hall–Kier alpha value is -3.42. The van der Waals surface area contributed by atoms with Crippen molar-refractivity contribution in [2.45, 2.75) is 0 Å². The normalized spacial score (nSPS) is 11.1. The Morgan fingerprint density at radius 2 is 1.66 bits per heavy atom. The van der Waals surface area contributed by atoms with Crippen molar-refractivity contribution in [2.24, 2.45) is 0 Å². The van der Waals surface area contributed by atoms with Crippen molar-refractivity contribution < 1.29 is 13.9 Å². The van der Waals surface area contributed by atoms with Gasteiger partial charge in [-0.25, -0.2) is 0 Å². The van der Waals surface area contributed by atoms with Crippen molar-refractivity contribution in [3.63, 3.8) is 0 Å². The van der Waals surface area contributed by atoms with E-state index in [2.05, 4.69) is 26.6 Å². The molecular weight excluding hydrogens is 488 g/mol. The van der Waals surface area contributed by atoms with Gasteiger partial charge in [0.05, 0.1) is 17.1 Å². The van der Waals surface area contributed by atoms with Crippen molar-refractivity contribution in [2.75, 3.05) is 12.4 Å². The molecule has 0 atom stereocenters. The molecule has 4 aromatic carbocycles. The molecular formula is C25H17BrN2O3S. The lowest BCUT2D eigenvalue weighted by molar-refractivity contribution is 0.0975. The number of ether oxygens (including phenoxy) is 1.